The minimum atomic E-state index is 0.140. The molecule has 0 aliphatic carbocycles. The lowest BCUT2D eigenvalue weighted by molar-refractivity contribution is 0.0649. The highest BCUT2D eigenvalue weighted by Crippen LogP contribution is 2.34. The lowest BCUT2D eigenvalue weighted by Crippen LogP contribution is -2.48. The maximum Gasteiger partial charge on any atom is 0.254 e. The van der Waals surface area contributed by atoms with Crippen LogP contribution in [0.1, 0.15) is 49.4 Å². The molecular weight excluding hydrogens is 316 g/mol. The number of nitrogens with zero attached hydrogens (tertiary/aromatic N) is 2. The third kappa shape index (κ3) is 3.22. The van der Waals surface area contributed by atoms with Gasteiger partial charge in [0.25, 0.3) is 5.91 Å². The first-order valence-corrected chi connectivity index (χ1v) is 9.72. The number of ether oxygens (including phenoxy) is 2. The van der Waals surface area contributed by atoms with Gasteiger partial charge in [-0.25, -0.2) is 0 Å². The van der Waals surface area contributed by atoms with E-state index in [0.717, 1.165) is 43.7 Å². The summed E-state index contributed by atoms with van der Waals surface area (Å²) in [7, 11) is 0. The van der Waals surface area contributed by atoms with Crippen LogP contribution in [0.2, 0.25) is 0 Å². The quantitative estimate of drug-likeness (QED) is 0.845. The van der Waals surface area contributed by atoms with Crippen molar-refractivity contribution in [2.75, 3.05) is 32.8 Å². The Bertz CT molecular complexity index is 633. The number of amides is 1. The van der Waals surface area contributed by atoms with E-state index in [0.29, 0.717) is 31.0 Å². The van der Waals surface area contributed by atoms with Gasteiger partial charge in [0, 0.05) is 30.6 Å². The molecule has 0 aromatic heterocycles. The minimum absolute atomic E-state index is 0.140. The number of hydrogen-bond donors (Lipinski definition) is 0. The number of likely N-dealkylation sites (N-methyl/N-ethyl adjacent to an activating group) is 1. The number of hydrogen-bond acceptors (Lipinski definition) is 4. The van der Waals surface area contributed by atoms with Crippen LogP contribution >= 0.6 is 0 Å². The van der Waals surface area contributed by atoms with Crippen LogP contribution in [-0.2, 0) is 0 Å². The van der Waals surface area contributed by atoms with Crippen molar-refractivity contribution in [2.24, 2.45) is 0 Å². The molecule has 1 aromatic rings. The number of fused-ring (bicyclic) bond motifs is 1. The molecule has 0 bridgehead atoms. The molecule has 1 amide bonds. The zero-order chi connectivity index (χ0) is 17.2. The maximum atomic E-state index is 13.2. The molecular formula is C20H28N2O3. The molecule has 1 aromatic carbocycles. The molecule has 5 nitrogen and oxygen atoms in total. The van der Waals surface area contributed by atoms with E-state index in [1.54, 1.807) is 0 Å². The molecule has 25 heavy (non-hydrogen) atoms. The molecule has 3 aliphatic heterocycles. The smallest absolute Gasteiger partial charge is 0.254 e. The van der Waals surface area contributed by atoms with Gasteiger partial charge in [-0.2, -0.15) is 0 Å². The molecule has 2 fully saturated rings. The predicted molar refractivity (Wildman–Crippen MR) is 96.4 cm³/mol. The van der Waals surface area contributed by atoms with Crippen molar-refractivity contribution in [3.8, 4) is 11.5 Å². The van der Waals surface area contributed by atoms with E-state index in [-0.39, 0.29) is 5.91 Å². The van der Waals surface area contributed by atoms with Crippen LogP contribution in [-0.4, -0.2) is 60.6 Å². The van der Waals surface area contributed by atoms with E-state index >= 15 is 0 Å². The molecule has 4 rings (SSSR count). The summed E-state index contributed by atoms with van der Waals surface area (Å²) < 4.78 is 11.4. The van der Waals surface area contributed by atoms with Crippen LogP contribution in [0.25, 0.3) is 0 Å². The second kappa shape index (κ2) is 7.24. The summed E-state index contributed by atoms with van der Waals surface area (Å²) >= 11 is 0. The molecule has 0 N–H and O–H groups in total. The van der Waals surface area contributed by atoms with Crippen LogP contribution < -0.4 is 9.47 Å². The van der Waals surface area contributed by atoms with Gasteiger partial charge in [0.05, 0.1) is 13.2 Å². The summed E-state index contributed by atoms with van der Waals surface area (Å²) in [5, 5.41) is 0. The number of likely N-dealkylation sites (tertiary alicyclic amines) is 2. The Balaban J connectivity index is 1.54. The van der Waals surface area contributed by atoms with E-state index in [9.17, 15) is 4.79 Å². The summed E-state index contributed by atoms with van der Waals surface area (Å²) in [6.07, 6.45) is 5.57. The van der Waals surface area contributed by atoms with Crippen molar-refractivity contribution in [1.82, 2.24) is 9.80 Å². The van der Waals surface area contributed by atoms with Gasteiger partial charge in [-0.1, -0.05) is 6.92 Å². The van der Waals surface area contributed by atoms with Crippen LogP contribution in [0.5, 0.6) is 11.5 Å². The van der Waals surface area contributed by atoms with E-state index in [2.05, 4.69) is 16.7 Å². The Hall–Kier alpha value is -1.75. The Labute approximate surface area is 149 Å². The molecule has 0 radical (unpaired) electrons. The van der Waals surface area contributed by atoms with Crippen molar-refractivity contribution in [2.45, 2.75) is 51.1 Å². The molecule has 136 valence electrons. The van der Waals surface area contributed by atoms with Crippen LogP contribution in [0.4, 0.5) is 0 Å². The SMILES string of the molecule is CCN1CCCC1C1CCCN1C(=O)c1ccc2c(c1)OCCCO2. The van der Waals surface area contributed by atoms with Crippen LogP contribution in [0.3, 0.4) is 0 Å². The third-order valence-corrected chi connectivity index (χ3v) is 5.82. The second-order valence-electron chi connectivity index (χ2n) is 7.26. The fourth-order valence-corrected chi connectivity index (χ4v) is 4.59. The molecule has 3 aliphatic rings. The summed E-state index contributed by atoms with van der Waals surface area (Å²) in [6, 6.07) is 6.51. The van der Waals surface area contributed by atoms with Gasteiger partial charge < -0.3 is 14.4 Å². The average Bonchev–Trinajstić information content (AvgIpc) is 3.24. The van der Waals surface area contributed by atoms with Gasteiger partial charge in [0.15, 0.2) is 11.5 Å². The standard InChI is InChI=1S/C20H28N2O3/c1-2-21-10-3-6-16(21)17-7-4-11-22(17)20(23)15-8-9-18-19(14-15)25-13-5-12-24-18/h8-9,14,16-17H,2-7,10-13H2,1H3. The fraction of sp³-hybridized carbons (Fsp3) is 0.650. The number of carbonyl (C=O) groups is 1. The third-order valence-electron chi connectivity index (χ3n) is 5.82. The van der Waals surface area contributed by atoms with Crippen molar-refractivity contribution < 1.29 is 14.3 Å². The Morgan fingerprint density at radius 3 is 2.64 bits per heavy atom. The molecule has 2 atom stereocenters. The van der Waals surface area contributed by atoms with E-state index < -0.39 is 0 Å². The van der Waals surface area contributed by atoms with Gasteiger partial charge in [-0.05, 0) is 57.0 Å². The summed E-state index contributed by atoms with van der Waals surface area (Å²) in [5.74, 6) is 1.59. The monoisotopic (exact) mass is 344 g/mol. The maximum absolute atomic E-state index is 13.2. The molecule has 0 saturated carbocycles. The van der Waals surface area contributed by atoms with Crippen molar-refractivity contribution in [3.05, 3.63) is 23.8 Å². The minimum Gasteiger partial charge on any atom is -0.490 e. The van der Waals surface area contributed by atoms with Gasteiger partial charge in [0.1, 0.15) is 0 Å². The zero-order valence-electron chi connectivity index (χ0n) is 15.1. The highest BCUT2D eigenvalue weighted by molar-refractivity contribution is 5.95. The number of carbonyl (C=O) groups excluding carboxylic acids is 1. The topological polar surface area (TPSA) is 42.0 Å². The second-order valence-corrected chi connectivity index (χ2v) is 7.26. The van der Waals surface area contributed by atoms with Crippen LogP contribution in [0, 0.1) is 0 Å². The Morgan fingerprint density at radius 1 is 1.04 bits per heavy atom. The fourth-order valence-electron chi connectivity index (χ4n) is 4.59. The summed E-state index contributed by atoms with van der Waals surface area (Å²) in [5.41, 5.74) is 0.720. The molecule has 5 heteroatoms. The van der Waals surface area contributed by atoms with E-state index in [1.165, 1.54) is 19.4 Å². The highest BCUT2D eigenvalue weighted by atomic mass is 16.5. The van der Waals surface area contributed by atoms with E-state index in [4.69, 9.17) is 9.47 Å². The van der Waals surface area contributed by atoms with Crippen molar-refractivity contribution >= 4 is 5.91 Å². The van der Waals surface area contributed by atoms with Crippen molar-refractivity contribution in [1.29, 1.82) is 0 Å². The van der Waals surface area contributed by atoms with Crippen molar-refractivity contribution in [3.63, 3.8) is 0 Å². The van der Waals surface area contributed by atoms with Crippen LogP contribution in [0.15, 0.2) is 18.2 Å². The van der Waals surface area contributed by atoms with Gasteiger partial charge in [-0.15, -0.1) is 0 Å². The van der Waals surface area contributed by atoms with Gasteiger partial charge in [0.2, 0.25) is 0 Å². The predicted octanol–water partition coefficient (Wildman–Crippen LogP) is 2.94. The number of rotatable bonds is 3. The normalized spacial score (nSPS) is 26.7. The first kappa shape index (κ1) is 16.7. The Morgan fingerprint density at radius 2 is 1.80 bits per heavy atom. The summed E-state index contributed by atoms with van der Waals surface area (Å²) in [4.78, 5) is 17.8. The number of benzene rings is 1. The average molecular weight is 344 g/mol. The first-order chi connectivity index (χ1) is 12.3. The largest absolute Gasteiger partial charge is 0.490 e. The molecule has 3 heterocycles. The highest BCUT2D eigenvalue weighted by Gasteiger charge is 2.39. The Kier molecular flexibility index (Phi) is 4.84. The first-order valence-electron chi connectivity index (χ1n) is 9.72. The lowest BCUT2D eigenvalue weighted by Gasteiger charge is -2.34. The molecule has 2 saturated heterocycles. The summed E-state index contributed by atoms with van der Waals surface area (Å²) in [6.45, 7) is 6.65. The van der Waals surface area contributed by atoms with Gasteiger partial charge >= 0.3 is 0 Å². The lowest BCUT2D eigenvalue weighted by atomic mass is 10.0. The van der Waals surface area contributed by atoms with E-state index in [1.807, 2.05) is 18.2 Å². The molecule has 0 spiro atoms. The molecule has 2 unspecified atom stereocenters. The zero-order valence-corrected chi connectivity index (χ0v) is 15.1. The van der Waals surface area contributed by atoms with Gasteiger partial charge in [-0.3, -0.25) is 9.69 Å².